The van der Waals surface area contributed by atoms with E-state index in [0.29, 0.717) is 12.1 Å². The Morgan fingerprint density at radius 3 is 2.88 bits per heavy atom. The Balaban J connectivity index is 2.15. The summed E-state index contributed by atoms with van der Waals surface area (Å²) in [6.07, 6.45) is -0.565. The van der Waals surface area contributed by atoms with Crippen molar-refractivity contribution in [1.82, 2.24) is 4.90 Å². The number of ketones is 1. The molecule has 1 aromatic carbocycles. The van der Waals surface area contributed by atoms with Crippen molar-refractivity contribution in [3.63, 3.8) is 0 Å². The van der Waals surface area contributed by atoms with Gasteiger partial charge < -0.3 is 9.64 Å². The maximum Gasteiger partial charge on any atom is 0.410 e. The highest BCUT2D eigenvalue weighted by Crippen LogP contribution is 2.33. The summed E-state index contributed by atoms with van der Waals surface area (Å²) in [5.74, 6) is 0.0394. The molecule has 90 valence electrons. The fourth-order valence-electron chi connectivity index (χ4n) is 1.87. The second kappa shape index (κ2) is 4.57. The Hall–Kier alpha value is -1.84. The zero-order chi connectivity index (χ0) is 12.4. The van der Waals surface area contributed by atoms with Crippen LogP contribution < -0.4 is 0 Å². The quantitative estimate of drug-likeness (QED) is 0.788. The highest BCUT2D eigenvalue weighted by Gasteiger charge is 2.32. The van der Waals surface area contributed by atoms with Crippen LogP contribution in [0.4, 0.5) is 4.79 Å². The van der Waals surface area contributed by atoms with E-state index in [0.717, 1.165) is 5.56 Å². The van der Waals surface area contributed by atoms with Gasteiger partial charge in [-0.3, -0.25) is 4.79 Å². The zero-order valence-corrected chi connectivity index (χ0v) is 9.97. The van der Waals surface area contributed by atoms with Crippen LogP contribution in [0, 0.1) is 0 Å². The predicted molar refractivity (Wildman–Crippen MR) is 62.9 cm³/mol. The Morgan fingerprint density at radius 1 is 1.47 bits per heavy atom. The van der Waals surface area contributed by atoms with Crippen LogP contribution in [0.1, 0.15) is 35.4 Å². The Kier molecular flexibility index (Phi) is 3.13. The van der Waals surface area contributed by atoms with Gasteiger partial charge in [-0.2, -0.15) is 0 Å². The summed E-state index contributed by atoms with van der Waals surface area (Å²) in [7, 11) is 1.67. The average molecular weight is 233 g/mol. The van der Waals surface area contributed by atoms with Crippen molar-refractivity contribution in [2.75, 3.05) is 13.6 Å². The summed E-state index contributed by atoms with van der Waals surface area (Å²) in [5.41, 5.74) is 1.49. The summed E-state index contributed by atoms with van der Waals surface area (Å²) in [6.45, 7) is 2.45. The van der Waals surface area contributed by atoms with Crippen LogP contribution in [0.25, 0.3) is 0 Å². The molecule has 4 nitrogen and oxygen atoms in total. The van der Waals surface area contributed by atoms with Crippen LogP contribution in [0.3, 0.4) is 0 Å². The van der Waals surface area contributed by atoms with Gasteiger partial charge in [-0.05, 0) is 6.92 Å². The summed E-state index contributed by atoms with van der Waals surface area (Å²) < 4.78 is 5.33. The summed E-state index contributed by atoms with van der Waals surface area (Å²) in [6, 6.07) is 7.28. The van der Waals surface area contributed by atoms with Crippen molar-refractivity contribution in [3.05, 3.63) is 35.4 Å². The maximum atomic E-state index is 11.7. The first-order valence-corrected chi connectivity index (χ1v) is 5.67. The van der Waals surface area contributed by atoms with Crippen LogP contribution in [0.2, 0.25) is 0 Å². The first-order valence-electron chi connectivity index (χ1n) is 5.67. The number of amides is 1. The van der Waals surface area contributed by atoms with E-state index in [9.17, 15) is 9.59 Å². The highest BCUT2D eigenvalue weighted by molar-refractivity contribution is 6.01. The van der Waals surface area contributed by atoms with E-state index in [-0.39, 0.29) is 18.3 Å². The molecule has 1 unspecified atom stereocenters. The van der Waals surface area contributed by atoms with E-state index in [1.54, 1.807) is 13.1 Å². The zero-order valence-electron chi connectivity index (χ0n) is 9.97. The van der Waals surface area contributed by atoms with Crippen LogP contribution in [0.15, 0.2) is 24.3 Å². The van der Waals surface area contributed by atoms with Gasteiger partial charge in [0, 0.05) is 24.7 Å². The van der Waals surface area contributed by atoms with E-state index in [1.807, 2.05) is 25.1 Å². The third-order valence-electron chi connectivity index (χ3n) is 3.01. The molecule has 1 aliphatic carbocycles. The molecule has 0 N–H and O–H groups in total. The largest absolute Gasteiger partial charge is 0.441 e. The number of Topliss-reactive ketones (excluding diaryl/α,β-unsaturated/α-hetero) is 1. The summed E-state index contributed by atoms with van der Waals surface area (Å²) in [4.78, 5) is 24.8. The van der Waals surface area contributed by atoms with E-state index in [2.05, 4.69) is 0 Å². The molecule has 0 spiro atoms. The van der Waals surface area contributed by atoms with Crippen molar-refractivity contribution >= 4 is 11.9 Å². The minimum absolute atomic E-state index is 0.0394. The second-order valence-electron chi connectivity index (χ2n) is 4.10. The Labute approximate surface area is 100 Å². The number of hydrogen-bond donors (Lipinski definition) is 0. The molecule has 0 saturated heterocycles. The SMILES string of the molecule is CCN(C)C(=O)OC1CC(=O)c2ccccc21. The van der Waals surface area contributed by atoms with Crippen LogP contribution in [0.5, 0.6) is 0 Å². The third-order valence-corrected chi connectivity index (χ3v) is 3.01. The molecule has 1 aliphatic rings. The van der Waals surface area contributed by atoms with E-state index in [4.69, 9.17) is 4.74 Å². The molecule has 0 heterocycles. The molecular formula is C13H15NO3. The average Bonchev–Trinajstić information content (AvgIpc) is 2.66. The van der Waals surface area contributed by atoms with Crippen LogP contribution in [-0.2, 0) is 4.74 Å². The molecule has 0 aromatic heterocycles. The monoisotopic (exact) mass is 233 g/mol. The first-order chi connectivity index (χ1) is 8.13. The lowest BCUT2D eigenvalue weighted by Gasteiger charge is -2.18. The first kappa shape index (κ1) is 11.6. The van der Waals surface area contributed by atoms with Gasteiger partial charge in [0.25, 0.3) is 0 Å². The topological polar surface area (TPSA) is 46.6 Å². The number of ether oxygens (including phenoxy) is 1. The van der Waals surface area contributed by atoms with Gasteiger partial charge in [-0.15, -0.1) is 0 Å². The standard InChI is InChI=1S/C13H15NO3/c1-3-14(2)13(16)17-12-8-11(15)9-6-4-5-7-10(9)12/h4-7,12H,3,8H2,1-2H3. The van der Waals surface area contributed by atoms with Gasteiger partial charge in [0.1, 0.15) is 6.10 Å². The minimum atomic E-state index is -0.430. The van der Waals surface area contributed by atoms with Crippen LogP contribution in [-0.4, -0.2) is 30.4 Å². The molecule has 17 heavy (non-hydrogen) atoms. The van der Waals surface area contributed by atoms with E-state index in [1.165, 1.54) is 4.90 Å². The molecule has 0 saturated carbocycles. The lowest BCUT2D eigenvalue weighted by molar-refractivity contribution is 0.0660. The summed E-state index contributed by atoms with van der Waals surface area (Å²) in [5, 5.41) is 0. The molecule has 1 amide bonds. The molecule has 0 fully saturated rings. The van der Waals surface area contributed by atoms with Gasteiger partial charge in [0.05, 0.1) is 6.42 Å². The van der Waals surface area contributed by atoms with Crippen molar-refractivity contribution in [3.8, 4) is 0 Å². The number of hydrogen-bond acceptors (Lipinski definition) is 3. The Bertz CT molecular complexity index is 456. The highest BCUT2D eigenvalue weighted by atomic mass is 16.6. The summed E-state index contributed by atoms with van der Waals surface area (Å²) >= 11 is 0. The van der Waals surface area contributed by atoms with Crippen molar-refractivity contribution < 1.29 is 14.3 Å². The van der Waals surface area contributed by atoms with Gasteiger partial charge in [0.15, 0.2) is 5.78 Å². The molecule has 2 rings (SSSR count). The number of rotatable bonds is 2. The molecule has 0 bridgehead atoms. The van der Waals surface area contributed by atoms with Crippen molar-refractivity contribution in [1.29, 1.82) is 0 Å². The smallest absolute Gasteiger partial charge is 0.410 e. The number of carbonyl (C=O) groups excluding carboxylic acids is 2. The third kappa shape index (κ3) is 2.16. The molecule has 0 aliphatic heterocycles. The normalized spacial score (nSPS) is 17.8. The molecule has 4 heteroatoms. The van der Waals surface area contributed by atoms with Gasteiger partial charge >= 0.3 is 6.09 Å². The minimum Gasteiger partial charge on any atom is -0.441 e. The second-order valence-corrected chi connectivity index (χ2v) is 4.10. The van der Waals surface area contributed by atoms with E-state index < -0.39 is 6.10 Å². The fraction of sp³-hybridized carbons (Fsp3) is 0.385. The van der Waals surface area contributed by atoms with Gasteiger partial charge in [-0.1, -0.05) is 24.3 Å². The molecule has 1 atom stereocenters. The maximum absolute atomic E-state index is 11.7. The van der Waals surface area contributed by atoms with Gasteiger partial charge in [0.2, 0.25) is 0 Å². The number of carbonyl (C=O) groups is 2. The van der Waals surface area contributed by atoms with E-state index >= 15 is 0 Å². The molecule has 1 aromatic rings. The Morgan fingerprint density at radius 2 is 2.18 bits per heavy atom. The lowest BCUT2D eigenvalue weighted by atomic mass is 10.1. The number of benzene rings is 1. The number of fused-ring (bicyclic) bond motifs is 1. The fourth-order valence-corrected chi connectivity index (χ4v) is 1.87. The lowest BCUT2D eigenvalue weighted by Crippen LogP contribution is -2.28. The number of nitrogens with zero attached hydrogens (tertiary/aromatic N) is 1. The van der Waals surface area contributed by atoms with Gasteiger partial charge in [-0.25, -0.2) is 4.79 Å². The van der Waals surface area contributed by atoms with Crippen molar-refractivity contribution in [2.24, 2.45) is 0 Å². The predicted octanol–water partition coefficient (Wildman–Crippen LogP) is 2.40. The van der Waals surface area contributed by atoms with Crippen molar-refractivity contribution in [2.45, 2.75) is 19.4 Å². The molecule has 0 radical (unpaired) electrons. The van der Waals surface area contributed by atoms with Crippen LogP contribution >= 0.6 is 0 Å². The molecular weight excluding hydrogens is 218 g/mol.